The van der Waals surface area contributed by atoms with Crippen LogP contribution >= 0.6 is 0 Å². The molecule has 2 rings (SSSR count). The third kappa shape index (κ3) is 1.19. The fourth-order valence-electron chi connectivity index (χ4n) is 2.49. The summed E-state index contributed by atoms with van der Waals surface area (Å²) in [6.07, 6.45) is 1.12. The Morgan fingerprint density at radius 1 is 1.57 bits per heavy atom. The van der Waals surface area contributed by atoms with Gasteiger partial charge >= 0.3 is 6.03 Å². The maximum Gasteiger partial charge on any atom is 0.348 e. The summed E-state index contributed by atoms with van der Waals surface area (Å²) in [5.74, 6) is 0.609. The minimum atomic E-state index is -0.0766. The Kier molecular flexibility index (Phi) is 1.97. The van der Waals surface area contributed by atoms with Gasteiger partial charge in [0.1, 0.15) is 11.8 Å². The molecule has 5 nitrogen and oxygen atoms in total. The Balaban J connectivity index is 2.09. The van der Waals surface area contributed by atoms with Crippen molar-refractivity contribution in [2.24, 2.45) is 5.92 Å². The van der Waals surface area contributed by atoms with Crippen LogP contribution in [0.3, 0.4) is 0 Å². The van der Waals surface area contributed by atoms with Gasteiger partial charge < -0.3 is 5.32 Å². The first-order valence-electron chi connectivity index (χ1n) is 5.12. The van der Waals surface area contributed by atoms with E-state index in [0.29, 0.717) is 5.92 Å². The van der Waals surface area contributed by atoms with Crippen molar-refractivity contribution in [2.75, 3.05) is 0 Å². The summed E-state index contributed by atoms with van der Waals surface area (Å²) in [5, 5.41) is 6.48. The summed E-state index contributed by atoms with van der Waals surface area (Å²) in [6.45, 7) is 8.49. The highest BCUT2D eigenvalue weighted by Gasteiger charge is 2.56. The summed E-state index contributed by atoms with van der Waals surface area (Å²) < 4.78 is 0. The summed E-state index contributed by atoms with van der Waals surface area (Å²) in [4.78, 5) is 11.3. The van der Waals surface area contributed by atoms with Crippen molar-refractivity contribution in [1.82, 2.24) is 20.9 Å². The molecule has 0 aromatic carbocycles. The van der Waals surface area contributed by atoms with Crippen molar-refractivity contribution < 1.29 is 4.79 Å². The molecule has 2 aliphatic rings. The van der Waals surface area contributed by atoms with Gasteiger partial charge in [-0.05, 0) is 26.2 Å². The number of carbonyl (C=O) groups excluding carboxylic acids is 1. The van der Waals surface area contributed by atoms with E-state index in [2.05, 4.69) is 36.5 Å². The fourth-order valence-corrected chi connectivity index (χ4v) is 2.49. The normalized spacial score (nSPS) is 37.1. The molecule has 0 aliphatic carbocycles. The van der Waals surface area contributed by atoms with Gasteiger partial charge in [-0.15, -0.1) is 0 Å². The quantitative estimate of drug-likeness (QED) is 0.691. The van der Waals surface area contributed by atoms with Crippen molar-refractivity contribution in [3.63, 3.8) is 0 Å². The number of hydrazine groups is 2. The van der Waals surface area contributed by atoms with Crippen LogP contribution in [0.4, 0.5) is 4.79 Å². The zero-order chi connectivity index (χ0) is 10.5. The van der Waals surface area contributed by atoms with Crippen LogP contribution in [0.25, 0.3) is 0 Å². The van der Waals surface area contributed by atoms with E-state index in [1.54, 1.807) is 5.12 Å². The highest BCUT2D eigenvalue weighted by atomic mass is 16.2. The smallest absolute Gasteiger partial charge is 0.319 e. The van der Waals surface area contributed by atoms with Crippen molar-refractivity contribution in [3.8, 4) is 0 Å². The molecular formula is C9H18N4O. The Hall–Kier alpha value is -0.810. The lowest BCUT2D eigenvalue weighted by molar-refractivity contribution is -0.250. The molecule has 0 bridgehead atoms. The van der Waals surface area contributed by atoms with Gasteiger partial charge in [0.05, 0.1) is 0 Å². The Morgan fingerprint density at radius 3 is 2.71 bits per heavy atom. The molecule has 0 radical (unpaired) electrons. The summed E-state index contributed by atoms with van der Waals surface area (Å²) in [5.41, 5.74) is 3.10. The molecule has 2 atom stereocenters. The molecule has 0 aromatic rings. The van der Waals surface area contributed by atoms with E-state index in [1.807, 2.05) is 6.92 Å². The average Bonchev–Trinajstić information content (AvgIpc) is 2.20. The van der Waals surface area contributed by atoms with Gasteiger partial charge in [-0.1, -0.05) is 13.8 Å². The van der Waals surface area contributed by atoms with E-state index < -0.39 is 0 Å². The maximum atomic E-state index is 11.3. The predicted octanol–water partition coefficient (Wildman–Crippen LogP) is 0.855. The van der Waals surface area contributed by atoms with E-state index in [9.17, 15) is 4.79 Å². The number of carbonyl (C=O) groups is 1. The van der Waals surface area contributed by atoms with Gasteiger partial charge in [-0.2, -0.15) is 15.6 Å². The molecule has 5 heteroatoms. The number of fused-ring (bicyclic) bond motifs is 1. The highest BCUT2D eigenvalue weighted by molar-refractivity contribution is 5.76. The second-order valence-corrected chi connectivity index (χ2v) is 4.77. The zero-order valence-electron chi connectivity index (χ0n) is 9.16. The van der Waals surface area contributed by atoms with Gasteiger partial charge in [0.2, 0.25) is 0 Å². The van der Waals surface area contributed by atoms with Crippen LogP contribution in [0.1, 0.15) is 34.1 Å². The third-order valence-corrected chi connectivity index (χ3v) is 2.77. The van der Waals surface area contributed by atoms with Crippen molar-refractivity contribution in [1.29, 1.82) is 0 Å². The van der Waals surface area contributed by atoms with Crippen molar-refractivity contribution >= 4 is 6.03 Å². The number of urea groups is 1. The molecule has 2 N–H and O–H groups in total. The molecule has 2 fully saturated rings. The van der Waals surface area contributed by atoms with Crippen LogP contribution in [0, 0.1) is 5.92 Å². The van der Waals surface area contributed by atoms with Crippen LogP contribution in [-0.4, -0.2) is 28.0 Å². The predicted molar refractivity (Wildman–Crippen MR) is 52.7 cm³/mol. The van der Waals surface area contributed by atoms with Crippen LogP contribution in [0.5, 0.6) is 0 Å². The Labute approximate surface area is 84.4 Å². The van der Waals surface area contributed by atoms with Crippen LogP contribution < -0.4 is 10.7 Å². The summed E-state index contributed by atoms with van der Waals surface area (Å²) in [7, 11) is 0. The third-order valence-electron chi connectivity index (χ3n) is 2.77. The number of nitrogens with one attached hydrogen (secondary N) is 2. The lowest BCUT2D eigenvalue weighted by Crippen LogP contribution is -2.79. The van der Waals surface area contributed by atoms with Crippen LogP contribution in [0.2, 0.25) is 0 Å². The van der Waals surface area contributed by atoms with Crippen LogP contribution in [0.15, 0.2) is 0 Å². The monoisotopic (exact) mass is 198 g/mol. The SMILES string of the molecule is CC(C)CC1(C)NN2C(=O)NC(C)N21. The minimum Gasteiger partial charge on any atom is -0.319 e. The molecule has 0 spiro atoms. The lowest BCUT2D eigenvalue weighted by atomic mass is 9.97. The first kappa shape index (κ1) is 9.73. The molecule has 2 aliphatic heterocycles. The molecule has 14 heavy (non-hydrogen) atoms. The Morgan fingerprint density at radius 2 is 2.21 bits per heavy atom. The molecule has 2 amide bonds. The van der Waals surface area contributed by atoms with E-state index >= 15 is 0 Å². The molecule has 0 saturated carbocycles. The standard InChI is InChI=1S/C9H18N4O/c1-6(2)5-9(4)11-13-8(14)10-7(3)12(9)13/h6-7,11H,5H2,1-4H3,(H,10,14). The van der Waals surface area contributed by atoms with Gasteiger partial charge in [-0.25, -0.2) is 4.79 Å². The first-order valence-corrected chi connectivity index (χ1v) is 5.12. The van der Waals surface area contributed by atoms with Crippen LogP contribution in [-0.2, 0) is 0 Å². The van der Waals surface area contributed by atoms with E-state index in [0.717, 1.165) is 6.42 Å². The average molecular weight is 198 g/mol. The molecular weight excluding hydrogens is 180 g/mol. The largest absolute Gasteiger partial charge is 0.348 e. The molecule has 2 heterocycles. The number of amides is 2. The van der Waals surface area contributed by atoms with Crippen molar-refractivity contribution in [2.45, 2.75) is 45.9 Å². The topological polar surface area (TPSA) is 47.6 Å². The molecule has 80 valence electrons. The molecule has 0 aromatic heterocycles. The van der Waals surface area contributed by atoms with E-state index in [1.165, 1.54) is 0 Å². The van der Waals surface area contributed by atoms with Gasteiger partial charge in [-0.3, -0.25) is 0 Å². The minimum absolute atomic E-state index is 0.0567. The summed E-state index contributed by atoms with van der Waals surface area (Å²) >= 11 is 0. The second-order valence-electron chi connectivity index (χ2n) is 4.77. The maximum absolute atomic E-state index is 11.3. The summed E-state index contributed by atoms with van der Waals surface area (Å²) in [6, 6.07) is -0.0567. The Bertz CT molecular complexity index is 268. The van der Waals surface area contributed by atoms with Crippen molar-refractivity contribution in [3.05, 3.63) is 0 Å². The molecule has 2 unspecified atom stereocenters. The first-order chi connectivity index (χ1) is 6.44. The number of hydrogen-bond acceptors (Lipinski definition) is 3. The fraction of sp³-hybridized carbons (Fsp3) is 0.889. The highest BCUT2D eigenvalue weighted by Crippen LogP contribution is 2.34. The van der Waals surface area contributed by atoms with Gasteiger partial charge in [0, 0.05) is 0 Å². The zero-order valence-corrected chi connectivity index (χ0v) is 9.16. The van der Waals surface area contributed by atoms with Gasteiger partial charge in [0.15, 0.2) is 0 Å². The van der Waals surface area contributed by atoms with E-state index in [-0.39, 0.29) is 17.9 Å². The number of rotatable bonds is 2. The second kappa shape index (κ2) is 2.84. The molecule has 2 saturated heterocycles. The number of nitrogens with zero attached hydrogens (tertiary/aromatic N) is 2. The number of hydrogen-bond donors (Lipinski definition) is 2. The van der Waals surface area contributed by atoms with E-state index in [4.69, 9.17) is 0 Å². The lowest BCUT2D eigenvalue weighted by Gasteiger charge is -2.55. The van der Waals surface area contributed by atoms with Gasteiger partial charge in [0.25, 0.3) is 0 Å².